The van der Waals surface area contributed by atoms with Crippen LogP contribution in [0.2, 0.25) is 0 Å². The highest BCUT2D eigenvalue weighted by molar-refractivity contribution is 5.94. The minimum absolute atomic E-state index is 0.0619. The molecule has 0 spiro atoms. The fourth-order valence-corrected chi connectivity index (χ4v) is 2.10. The summed E-state index contributed by atoms with van der Waals surface area (Å²) in [4.78, 5) is 13.1. The van der Waals surface area contributed by atoms with Gasteiger partial charge in [0.25, 0.3) is 0 Å². The average molecular weight is 214 g/mol. The third-order valence-corrected chi connectivity index (χ3v) is 3.07. The van der Waals surface area contributed by atoms with Crippen LogP contribution < -0.4 is 4.90 Å². The van der Waals surface area contributed by atoms with Gasteiger partial charge in [-0.1, -0.05) is 6.07 Å². The Morgan fingerprint density at radius 3 is 2.94 bits per heavy atom. The maximum absolute atomic E-state index is 11.5. The first kappa shape index (κ1) is 10.7. The largest absolute Gasteiger partial charge is 0.315 e. The second kappa shape index (κ2) is 4.36. The van der Waals surface area contributed by atoms with Crippen LogP contribution in [0.4, 0.5) is 5.69 Å². The number of anilines is 1. The summed E-state index contributed by atoms with van der Waals surface area (Å²) in [6.45, 7) is 0. The van der Waals surface area contributed by atoms with Gasteiger partial charge in [0.1, 0.15) is 6.42 Å². The molecule has 0 saturated carbocycles. The monoisotopic (exact) mass is 214 g/mol. The highest BCUT2D eigenvalue weighted by Crippen LogP contribution is 2.26. The molecule has 1 aliphatic carbocycles. The van der Waals surface area contributed by atoms with E-state index in [1.165, 1.54) is 17.5 Å². The second-order valence-electron chi connectivity index (χ2n) is 4.09. The first-order chi connectivity index (χ1) is 7.72. The first-order valence-corrected chi connectivity index (χ1v) is 5.47. The molecule has 82 valence electrons. The van der Waals surface area contributed by atoms with E-state index in [1.54, 1.807) is 11.9 Å². The molecule has 3 nitrogen and oxygen atoms in total. The summed E-state index contributed by atoms with van der Waals surface area (Å²) in [5.74, 6) is -0.152. The molecule has 0 aromatic heterocycles. The minimum atomic E-state index is -0.152. The number of aryl methyl sites for hydroxylation is 2. The highest BCUT2D eigenvalue weighted by Gasteiger charge is 2.15. The van der Waals surface area contributed by atoms with E-state index >= 15 is 0 Å². The van der Waals surface area contributed by atoms with Crippen molar-refractivity contribution in [3.05, 3.63) is 29.3 Å². The number of benzene rings is 1. The van der Waals surface area contributed by atoms with Crippen molar-refractivity contribution in [3.63, 3.8) is 0 Å². The number of amides is 1. The number of nitrogens with zero attached hydrogens (tertiary/aromatic N) is 2. The van der Waals surface area contributed by atoms with Gasteiger partial charge in [-0.15, -0.1) is 0 Å². The van der Waals surface area contributed by atoms with Crippen LogP contribution >= 0.6 is 0 Å². The van der Waals surface area contributed by atoms with E-state index in [4.69, 9.17) is 5.26 Å². The van der Waals surface area contributed by atoms with Crippen LogP contribution in [0.5, 0.6) is 0 Å². The van der Waals surface area contributed by atoms with Crippen molar-refractivity contribution >= 4 is 11.6 Å². The summed E-state index contributed by atoms with van der Waals surface area (Å²) in [5.41, 5.74) is 3.62. The molecule has 1 amide bonds. The molecule has 0 unspecified atom stereocenters. The Labute approximate surface area is 95.3 Å². The van der Waals surface area contributed by atoms with Crippen LogP contribution in [0, 0.1) is 11.3 Å². The van der Waals surface area contributed by atoms with Crippen molar-refractivity contribution in [1.82, 2.24) is 0 Å². The number of hydrogen-bond acceptors (Lipinski definition) is 2. The maximum Gasteiger partial charge on any atom is 0.240 e. The van der Waals surface area contributed by atoms with Crippen LogP contribution in [0.15, 0.2) is 18.2 Å². The second-order valence-corrected chi connectivity index (χ2v) is 4.09. The average Bonchev–Trinajstić information content (AvgIpc) is 2.75. The predicted molar refractivity (Wildman–Crippen MR) is 62.1 cm³/mol. The molecule has 1 aromatic rings. The lowest BCUT2D eigenvalue weighted by Gasteiger charge is -2.16. The topological polar surface area (TPSA) is 44.1 Å². The molecule has 16 heavy (non-hydrogen) atoms. The molecule has 0 radical (unpaired) electrons. The van der Waals surface area contributed by atoms with Crippen LogP contribution in [0.25, 0.3) is 0 Å². The van der Waals surface area contributed by atoms with Crippen LogP contribution in [0.3, 0.4) is 0 Å². The molecule has 2 rings (SSSR count). The molecule has 0 saturated heterocycles. The fraction of sp³-hybridized carbons (Fsp3) is 0.385. The molecule has 3 heteroatoms. The lowest BCUT2D eigenvalue weighted by molar-refractivity contribution is -0.117. The molecule has 0 fully saturated rings. The summed E-state index contributed by atoms with van der Waals surface area (Å²) in [5, 5.41) is 8.49. The van der Waals surface area contributed by atoms with E-state index in [0.29, 0.717) is 0 Å². The van der Waals surface area contributed by atoms with Crippen molar-refractivity contribution in [2.75, 3.05) is 11.9 Å². The third-order valence-electron chi connectivity index (χ3n) is 3.07. The van der Waals surface area contributed by atoms with Gasteiger partial charge in [0.2, 0.25) is 5.91 Å². The Kier molecular flexibility index (Phi) is 2.91. The maximum atomic E-state index is 11.5. The molecule has 0 heterocycles. The summed E-state index contributed by atoms with van der Waals surface area (Å²) >= 11 is 0. The molecular weight excluding hydrogens is 200 g/mol. The lowest BCUT2D eigenvalue weighted by atomic mass is 10.1. The van der Waals surface area contributed by atoms with E-state index in [-0.39, 0.29) is 12.3 Å². The zero-order valence-corrected chi connectivity index (χ0v) is 9.36. The van der Waals surface area contributed by atoms with E-state index in [1.807, 2.05) is 12.1 Å². The van der Waals surface area contributed by atoms with E-state index in [0.717, 1.165) is 18.5 Å². The van der Waals surface area contributed by atoms with Crippen LogP contribution in [-0.2, 0) is 17.6 Å². The van der Waals surface area contributed by atoms with Gasteiger partial charge in [-0.05, 0) is 42.5 Å². The summed E-state index contributed by atoms with van der Waals surface area (Å²) in [7, 11) is 1.72. The summed E-state index contributed by atoms with van der Waals surface area (Å²) in [6, 6.07) is 8.00. The SMILES string of the molecule is CN(C(=O)CC#N)c1ccc2c(c1)CCC2. The molecule has 0 aliphatic heterocycles. The summed E-state index contributed by atoms with van der Waals surface area (Å²) < 4.78 is 0. The van der Waals surface area contributed by atoms with Crippen molar-refractivity contribution in [3.8, 4) is 6.07 Å². The first-order valence-electron chi connectivity index (χ1n) is 5.47. The van der Waals surface area contributed by atoms with E-state index in [9.17, 15) is 4.79 Å². The number of hydrogen-bond donors (Lipinski definition) is 0. The number of carbonyl (C=O) groups excluding carboxylic acids is 1. The lowest BCUT2D eigenvalue weighted by Crippen LogP contribution is -2.25. The number of rotatable bonds is 2. The molecule has 1 aliphatic rings. The molecular formula is C13H14N2O. The smallest absolute Gasteiger partial charge is 0.240 e. The van der Waals surface area contributed by atoms with Gasteiger partial charge in [-0.25, -0.2) is 0 Å². The minimum Gasteiger partial charge on any atom is -0.315 e. The standard InChI is InChI=1S/C13H14N2O/c1-15(13(16)7-8-14)12-6-5-10-3-2-4-11(10)9-12/h5-6,9H,2-4,7H2,1H3. The van der Waals surface area contributed by atoms with Gasteiger partial charge in [0.05, 0.1) is 6.07 Å². The van der Waals surface area contributed by atoms with E-state index < -0.39 is 0 Å². The predicted octanol–water partition coefficient (Wildman–Crippen LogP) is 2.05. The Balaban J connectivity index is 2.22. The van der Waals surface area contributed by atoms with Crippen molar-refractivity contribution in [2.45, 2.75) is 25.7 Å². The normalized spacial score (nSPS) is 13.0. The third kappa shape index (κ3) is 1.92. The summed E-state index contributed by atoms with van der Waals surface area (Å²) in [6.07, 6.45) is 3.39. The zero-order valence-electron chi connectivity index (χ0n) is 9.36. The number of nitriles is 1. The van der Waals surface area contributed by atoms with Gasteiger partial charge in [-0.2, -0.15) is 5.26 Å². The Morgan fingerprint density at radius 1 is 1.44 bits per heavy atom. The fourth-order valence-electron chi connectivity index (χ4n) is 2.10. The van der Waals surface area contributed by atoms with Crippen molar-refractivity contribution < 1.29 is 4.79 Å². The quantitative estimate of drug-likeness (QED) is 0.756. The number of fused-ring (bicyclic) bond motifs is 1. The molecule has 0 bridgehead atoms. The van der Waals surface area contributed by atoms with E-state index in [2.05, 4.69) is 12.1 Å². The Hall–Kier alpha value is -1.82. The highest BCUT2D eigenvalue weighted by atomic mass is 16.2. The van der Waals surface area contributed by atoms with Gasteiger partial charge >= 0.3 is 0 Å². The molecule has 1 aromatic carbocycles. The van der Waals surface area contributed by atoms with Gasteiger partial charge in [0, 0.05) is 12.7 Å². The Morgan fingerprint density at radius 2 is 2.19 bits per heavy atom. The van der Waals surface area contributed by atoms with Crippen LogP contribution in [-0.4, -0.2) is 13.0 Å². The molecule has 0 N–H and O–H groups in total. The van der Waals surface area contributed by atoms with Crippen molar-refractivity contribution in [2.24, 2.45) is 0 Å². The van der Waals surface area contributed by atoms with Gasteiger partial charge < -0.3 is 4.90 Å². The van der Waals surface area contributed by atoms with Crippen molar-refractivity contribution in [1.29, 1.82) is 5.26 Å². The van der Waals surface area contributed by atoms with Crippen LogP contribution in [0.1, 0.15) is 24.0 Å². The Bertz CT molecular complexity index is 459. The molecule has 0 atom stereocenters. The number of carbonyl (C=O) groups is 1. The van der Waals surface area contributed by atoms with Gasteiger partial charge in [-0.3, -0.25) is 4.79 Å². The van der Waals surface area contributed by atoms with Gasteiger partial charge in [0.15, 0.2) is 0 Å². The zero-order chi connectivity index (χ0) is 11.5.